The molecule has 0 atom stereocenters. The summed E-state index contributed by atoms with van der Waals surface area (Å²) < 4.78 is 0. The Labute approximate surface area is 134 Å². The van der Waals surface area contributed by atoms with Gasteiger partial charge in [-0.2, -0.15) is 0 Å². The van der Waals surface area contributed by atoms with Crippen LogP contribution in [0.3, 0.4) is 0 Å². The van der Waals surface area contributed by atoms with Crippen molar-refractivity contribution in [1.82, 2.24) is 0 Å². The first kappa shape index (κ1) is 16.0. The molecular weight excluding hydrogens is 300 g/mol. The monoisotopic (exact) mass is 316 g/mol. The van der Waals surface area contributed by atoms with Gasteiger partial charge in [-0.3, -0.25) is 9.59 Å². The number of ketones is 1. The predicted molar refractivity (Wildman–Crippen MR) is 90.2 cm³/mol. The number of amides is 1. The maximum Gasteiger partial charge on any atom is 0.255 e. The van der Waals surface area contributed by atoms with Gasteiger partial charge in [-0.15, -0.1) is 0 Å². The van der Waals surface area contributed by atoms with Crippen LogP contribution in [0.4, 0.5) is 11.4 Å². The number of halogens is 1. The van der Waals surface area contributed by atoms with E-state index in [1.165, 1.54) is 6.92 Å². The molecule has 0 saturated heterocycles. The lowest BCUT2D eigenvalue weighted by atomic mass is 10.1. The number of carbonyl (C=O) groups excluding carboxylic acids is 2. The normalized spacial score (nSPS) is 10.2. The van der Waals surface area contributed by atoms with Gasteiger partial charge < -0.3 is 10.2 Å². The first-order valence-corrected chi connectivity index (χ1v) is 7.15. The maximum atomic E-state index is 12.2. The third-order valence-electron chi connectivity index (χ3n) is 3.25. The van der Waals surface area contributed by atoms with Crippen molar-refractivity contribution in [3.05, 3.63) is 58.6 Å². The van der Waals surface area contributed by atoms with E-state index in [9.17, 15) is 9.59 Å². The topological polar surface area (TPSA) is 49.4 Å². The SMILES string of the molecule is CC(=O)c1ccc(NC(=O)c2ccc(N(C)C)cc2)cc1Cl. The Hall–Kier alpha value is -2.33. The minimum atomic E-state index is -0.225. The molecule has 114 valence electrons. The molecule has 2 rings (SSSR count). The number of benzene rings is 2. The fraction of sp³-hybridized carbons (Fsp3) is 0.176. The summed E-state index contributed by atoms with van der Waals surface area (Å²) in [5.74, 6) is -0.334. The second-order valence-corrected chi connectivity index (χ2v) is 5.55. The fourth-order valence-electron chi connectivity index (χ4n) is 1.99. The molecule has 0 aliphatic heterocycles. The first-order chi connectivity index (χ1) is 10.4. The highest BCUT2D eigenvalue weighted by atomic mass is 35.5. The van der Waals surface area contributed by atoms with Gasteiger partial charge in [-0.05, 0) is 49.4 Å². The van der Waals surface area contributed by atoms with E-state index in [4.69, 9.17) is 11.6 Å². The average Bonchev–Trinajstić information content (AvgIpc) is 2.47. The van der Waals surface area contributed by atoms with Crippen molar-refractivity contribution in [3.8, 4) is 0 Å². The van der Waals surface area contributed by atoms with Gasteiger partial charge in [0.25, 0.3) is 5.91 Å². The van der Waals surface area contributed by atoms with Crippen molar-refractivity contribution in [2.24, 2.45) is 0 Å². The third-order valence-corrected chi connectivity index (χ3v) is 3.56. The number of hydrogen-bond acceptors (Lipinski definition) is 3. The number of rotatable bonds is 4. The molecule has 2 aromatic carbocycles. The van der Waals surface area contributed by atoms with Gasteiger partial charge in [0, 0.05) is 36.6 Å². The van der Waals surface area contributed by atoms with Crippen molar-refractivity contribution in [3.63, 3.8) is 0 Å². The Bertz CT molecular complexity index is 709. The molecule has 0 bridgehead atoms. The molecular formula is C17H17ClN2O2. The van der Waals surface area contributed by atoms with E-state index < -0.39 is 0 Å². The standard InChI is InChI=1S/C17H17ClN2O2/c1-11(21)15-9-6-13(10-16(15)18)19-17(22)12-4-7-14(8-5-12)20(2)3/h4-10H,1-3H3,(H,19,22). The Morgan fingerprint density at radius 2 is 1.68 bits per heavy atom. The maximum absolute atomic E-state index is 12.2. The van der Waals surface area contributed by atoms with E-state index in [-0.39, 0.29) is 11.7 Å². The van der Waals surface area contributed by atoms with Crippen LogP contribution >= 0.6 is 11.6 Å². The number of carbonyl (C=O) groups is 2. The zero-order valence-electron chi connectivity index (χ0n) is 12.7. The van der Waals surface area contributed by atoms with Gasteiger partial charge in [0.1, 0.15) is 0 Å². The summed E-state index contributed by atoms with van der Waals surface area (Å²) in [5.41, 5.74) is 2.56. The van der Waals surface area contributed by atoms with E-state index >= 15 is 0 Å². The van der Waals surface area contributed by atoms with Gasteiger partial charge in [-0.25, -0.2) is 0 Å². The lowest BCUT2D eigenvalue weighted by Gasteiger charge is -2.13. The fourth-order valence-corrected chi connectivity index (χ4v) is 2.31. The summed E-state index contributed by atoms with van der Waals surface area (Å²) in [7, 11) is 3.88. The largest absolute Gasteiger partial charge is 0.378 e. The number of nitrogens with one attached hydrogen (secondary N) is 1. The van der Waals surface area contributed by atoms with E-state index in [0.717, 1.165) is 5.69 Å². The van der Waals surface area contributed by atoms with Crippen LogP contribution in [-0.2, 0) is 0 Å². The highest BCUT2D eigenvalue weighted by molar-refractivity contribution is 6.34. The number of anilines is 2. The van der Waals surface area contributed by atoms with Crippen LogP contribution in [0.15, 0.2) is 42.5 Å². The summed E-state index contributed by atoms with van der Waals surface area (Å²) in [4.78, 5) is 25.5. The second kappa shape index (κ2) is 6.62. The van der Waals surface area contributed by atoms with Gasteiger partial charge >= 0.3 is 0 Å². The van der Waals surface area contributed by atoms with Crippen LogP contribution in [0.5, 0.6) is 0 Å². The van der Waals surface area contributed by atoms with Gasteiger partial charge in [-0.1, -0.05) is 11.6 Å². The Kier molecular flexibility index (Phi) is 4.83. The van der Waals surface area contributed by atoms with Crippen LogP contribution in [0, 0.1) is 0 Å². The molecule has 0 unspecified atom stereocenters. The van der Waals surface area contributed by atoms with Gasteiger partial charge in [0.05, 0.1) is 5.02 Å². The predicted octanol–water partition coefficient (Wildman–Crippen LogP) is 3.86. The van der Waals surface area contributed by atoms with Crippen molar-refractivity contribution in [1.29, 1.82) is 0 Å². The molecule has 1 amide bonds. The number of nitrogens with zero attached hydrogens (tertiary/aromatic N) is 1. The number of Topliss-reactive ketones (excluding diaryl/α,β-unsaturated/α-hetero) is 1. The van der Waals surface area contributed by atoms with Crippen molar-refractivity contribution in [2.45, 2.75) is 6.92 Å². The summed E-state index contributed by atoms with van der Waals surface area (Å²) in [6, 6.07) is 12.1. The molecule has 5 heteroatoms. The molecule has 1 N–H and O–H groups in total. The number of hydrogen-bond donors (Lipinski definition) is 1. The van der Waals surface area contributed by atoms with Crippen molar-refractivity contribution < 1.29 is 9.59 Å². The molecule has 0 spiro atoms. The lowest BCUT2D eigenvalue weighted by Crippen LogP contribution is -2.13. The molecule has 0 fully saturated rings. The third kappa shape index (κ3) is 3.65. The minimum Gasteiger partial charge on any atom is -0.378 e. The van der Waals surface area contributed by atoms with Crippen LogP contribution in [0.2, 0.25) is 5.02 Å². The molecule has 0 aromatic heterocycles. The Balaban J connectivity index is 2.15. The molecule has 4 nitrogen and oxygen atoms in total. The lowest BCUT2D eigenvalue weighted by molar-refractivity contribution is 0.101. The molecule has 0 heterocycles. The molecule has 0 saturated carbocycles. The van der Waals surface area contributed by atoms with Crippen LogP contribution in [-0.4, -0.2) is 25.8 Å². The Morgan fingerprint density at radius 3 is 2.18 bits per heavy atom. The van der Waals surface area contributed by atoms with E-state index in [0.29, 0.717) is 21.8 Å². The molecule has 0 aliphatic rings. The van der Waals surface area contributed by atoms with Crippen LogP contribution in [0.1, 0.15) is 27.6 Å². The first-order valence-electron chi connectivity index (χ1n) is 6.77. The zero-order chi connectivity index (χ0) is 16.3. The highest BCUT2D eigenvalue weighted by Crippen LogP contribution is 2.22. The average molecular weight is 317 g/mol. The summed E-state index contributed by atoms with van der Waals surface area (Å²) in [6.07, 6.45) is 0. The zero-order valence-corrected chi connectivity index (χ0v) is 13.4. The van der Waals surface area contributed by atoms with Gasteiger partial charge in [0.2, 0.25) is 0 Å². The second-order valence-electron chi connectivity index (χ2n) is 5.15. The molecule has 22 heavy (non-hydrogen) atoms. The Morgan fingerprint density at radius 1 is 1.05 bits per heavy atom. The van der Waals surface area contributed by atoms with E-state index in [1.807, 2.05) is 31.1 Å². The van der Waals surface area contributed by atoms with E-state index in [2.05, 4.69) is 5.32 Å². The summed E-state index contributed by atoms with van der Waals surface area (Å²) in [5, 5.41) is 3.09. The summed E-state index contributed by atoms with van der Waals surface area (Å²) in [6.45, 7) is 1.45. The smallest absolute Gasteiger partial charge is 0.255 e. The molecule has 0 aliphatic carbocycles. The molecule has 2 aromatic rings. The van der Waals surface area contributed by atoms with Crippen molar-refractivity contribution in [2.75, 3.05) is 24.3 Å². The van der Waals surface area contributed by atoms with Gasteiger partial charge in [0.15, 0.2) is 5.78 Å². The minimum absolute atomic E-state index is 0.109. The quantitative estimate of drug-likeness (QED) is 0.871. The van der Waals surface area contributed by atoms with Crippen molar-refractivity contribution >= 4 is 34.7 Å². The van der Waals surface area contributed by atoms with E-state index in [1.54, 1.807) is 30.3 Å². The summed E-state index contributed by atoms with van der Waals surface area (Å²) >= 11 is 6.03. The van der Waals surface area contributed by atoms with Crippen LogP contribution < -0.4 is 10.2 Å². The molecule has 0 radical (unpaired) electrons. The highest BCUT2D eigenvalue weighted by Gasteiger charge is 2.10. The van der Waals surface area contributed by atoms with Crippen LogP contribution in [0.25, 0.3) is 0 Å².